The van der Waals surface area contributed by atoms with Gasteiger partial charge in [0.15, 0.2) is 0 Å². The number of rotatable bonds is 9. The molecule has 3 aromatic rings. The molecule has 1 aliphatic heterocycles. The fraction of sp³-hybridized carbons (Fsp3) is 0.414. The molecule has 0 spiro atoms. The molecule has 0 radical (unpaired) electrons. The normalized spacial score (nSPS) is 13.8. The minimum absolute atomic E-state index is 0.140. The van der Waals surface area contributed by atoms with E-state index in [1.54, 1.807) is 10.7 Å². The Morgan fingerprint density at radius 2 is 1.82 bits per heavy atom. The van der Waals surface area contributed by atoms with Gasteiger partial charge in [-0.05, 0) is 42.7 Å². The lowest BCUT2D eigenvalue weighted by Crippen LogP contribution is -2.41. The molecule has 4 heterocycles. The van der Waals surface area contributed by atoms with Crippen molar-refractivity contribution in [1.82, 2.24) is 24.6 Å². The highest BCUT2D eigenvalue weighted by molar-refractivity contribution is 6.05. The number of carbonyl (C=O) groups excluding carboxylic acids is 2. The van der Waals surface area contributed by atoms with Crippen LogP contribution in [0.15, 0.2) is 36.9 Å². The second kappa shape index (κ2) is 15.0. The third-order valence-corrected chi connectivity index (χ3v) is 6.15. The summed E-state index contributed by atoms with van der Waals surface area (Å²) in [5, 5.41) is 9.52. The van der Waals surface area contributed by atoms with E-state index in [0.717, 1.165) is 35.2 Å². The number of ether oxygens (including phenoxy) is 1. The van der Waals surface area contributed by atoms with E-state index in [1.807, 2.05) is 51.2 Å². The van der Waals surface area contributed by atoms with Crippen LogP contribution in [0.2, 0.25) is 0 Å². The summed E-state index contributed by atoms with van der Waals surface area (Å²) >= 11 is 0. The van der Waals surface area contributed by atoms with Crippen LogP contribution in [0.5, 0.6) is 0 Å². The Morgan fingerprint density at radius 1 is 1.07 bits per heavy atom. The predicted octanol–water partition coefficient (Wildman–Crippen LogP) is 4.55. The number of aryl methyl sites for hydroxylation is 2. The van der Waals surface area contributed by atoms with Crippen LogP contribution in [-0.4, -0.2) is 69.3 Å². The van der Waals surface area contributed by atoms with Crippen molar-refractivity contribution in [2.75, 3.05) is 43.5 Å². The van der Waals surface area contributed by atoms with Gasteiger partial charge >= 0.3 is 0 Å². The van der Waals surface area contributed by atoms with E-state index in [2.05, 4.69) is 32.6 Å². The number of hydrogen-bond acceptors (Lipinski definition) is 7. The Balaban J connectivity index is 0.00000216. The van der Waals surface area contributed by atoms with Crippen molar-refractivity contribution in [3.63, 3.8) is 0 Å². The number of halogens is 1. The fourth-order valence-electron chi connectivity index (χ4n) is 4.13. The van der Waals surface area contributed by atoms with Gasteiger partial charge in [-0.2, -0.15) is 9.49 Å². The molecule has 214 valence electrons. The smallest absolute Gasteiger partial charge is 0.257 e. The van der Waals surface area contributed by atoms with E-state index in [9.17, 15) is 14.0 Å². The largest absolute Gasteiger partial charge is 0.379 e. The Kier molecular flexibility index (Phi) is 11.5. The summed E-state index contributed by atoms with van der Waals surface area (Å²) in [6, 6.07) is 3.07. The number of allylic oxidation sites excluding steroid dienone is 1. The first kappa shape index (κ1) is 30.6. The van der Waals surface area contributed by atoms with Gasteiger partial charge in [-0.15, -0.1) is 0 Å². The molecule has 0 bridgehead atoms. The number of morpholine rings is 1. The third kappa shape index (κ3) is 8.52. The van der Waals surface area contributed by atoms with Crippen molar-refractivity contribution < 1.29 is 18.7 Å². The van der Waals surface area contributed by atoms with Crippen molar-refractivity contribution in [2.24, 2.45) is 7.05 Å². The van der Waals surface area contributed by atoms with Gasteiger partial charge in [-0.1, -0.05) is 27.2 Å². The molecule has 40 heavy (non-hydrogen) atoms. The van der Waals surface area contributed by atoms with Crippen molar-refractivity contribution in [3.05, 3.63) is 65.3 Å². The number of nitrogens with one attached hydrogen (secondary N) is 2. The molecule has 11 heteroatoms. The summed E-state index contributed by atoms with van der Waals surface area (Å²) in [6.07, 6.45) is 10.2. The molecule has 10 nitrogen and oxygen atoms in total. The molecule has 1 fully saturated rings. The lowest BCUT2D eigenvalue weighted by molar-refractivity contribution is -0.118. The molecule has 1 aliphatic rings. The lowest BCUT2D eigenvalue weighted by Gasteiger charge is -2.25. The number of nitrogens with zero attached hydrogens (tertiary/aromatic N) is 5. The molecular formula is C29H38FN7O3. The van der Waals surface area contributed by atoms with Gasteiger partial charge in [0.05, 0.1) is 49.1 Å². The minimum atomic E-state index is -0.855. The predicted molar refractivity (Wildman–Crippen MR) is 154 cm³/mol. The topological polar surface area (TPSA) is 114 Å². The van der Waals surface area contributed by atoms with E-state index >= 15 is 0 Å². The highest BCUT2D eigenvalue weighted by Crippen LogP contribution is 2.25. The molecule has 0 saturated carbocycles. The highest BCUT2D eigenvalue weighted by atomic mass is 19.1. The van der Waals surface area contributed by atoms with Crippen LogP contribution < -0.4 is 10.6 Å². The molecule has 0 aliphatic carbocycles. The van der Waals surface area contributed by atoms with Gasteiger partial charge in [-0.25, -0.2) is 4.98 Å². The maximum atomic E-state index is 14.5. The molecule has 3 aromatic heterocycles. The molecule has 2 amide bonds. The first-order valence-corrected chi connectivity index (χ1v) is 13.6. The van der Waals surface area contributed by atoms with Gasteiger partial charge in [-0.3, -0.25) is 24.2 Å². The molecule has 4 rings (SSSR count). The van der Waals surface area contributed by atoms with Crippen molar-refractivity contribution in [2.45, 2.75) is 40.5 Å². The molecule has 0 unspecified atom stereocenters. The van der Waals surface area contributed by atoms with Gasteiger partial charge < -0.3 is 15.4 Å². The zero-order valence-corrected chi connectivity index (χ0v) is 23.8. The van der Waals surface area contributed by atoms with Crippen molar-refractivity contribution >= 4 is 34.8 Å². The van der Waals surface area contributed by atoms with Crippen LogP contribution in [-0.2, 0) is 16.6 Å². The van der Waals surface area contributed by atoms with Crippen LogP contribution in [0.3, 0.4) is 0 Å². The second-order valence-electron chi connectivity index (χ2n) is 9.17. The number of carbonyl (C=O) groups is 2. The fourth-order valence-corrected chi connectivity index (χ4v) is 4.13. The monoisotopic (exact) mass is 551 g/mol. The summed E-state index contributed by atoms with van der Waals surface area (Å²) in [5.41, 5.74) is 4.04. The van der Waals surface area contributed by atoms with Crippen LogP contribution in [0, 0.1) is 12.9 Å². The summed E-state index contributed by atoms with van der Waals surface area (Å²) in [7, 11) is 1.86. The highest BCUT2D eigenvalue weighted by Gasteiger charge is 2.17. The Bertz CT molecular complexity index is 1330. The van der Waals surface area contributed by atoms with E-state index in [4.69, 9.17) is 4.74 Å². The maximum Gasteiger partial charge on any atom is 0.257 e. The number of anilines is 2. The lowest BCUT2D eigenvalue weighted by atomic mass is 10.00. The van der Waals surface area contributed by atoms with Crippen molar-refractivity contribution in [3.8, 4) is 0 Å². The first-order valence-electron chi connectivity index (χ1n) is 13.6. The number of amides is 2. The van der Waals surface area contributed by atoms with Gasteiger partial charge in [0, 0.05) is 43.8 Å². The third-order valence-electron chi connectivity index (χ3n) is 6.15. The summed E-state index contributed by atoms with van der Waals surface area (Å²) in [6.45, 7) is 10.6. The number of pyridine rings is 2. The van der Waals surface area contributed by atoms with Gasteiger partial charge in [0.25, 0.3) is 5.91 Å². The summed E-state index contributed by atoms with van der Waals surface area (Å²) < 4.78 is 21.5. The van der Waals surface area contributed by atoms with E-state index < -0.39 is 11.9 Å². The standard InChI is InChI=1S/C27H32FN7O3.C2H6/c1-4-5-19(22-14-31-34(3)16-22)10-20-11-21(13-29-18(20)2)27(37)33-24-12-23(15-30-26(24)28)32-25(36)17-35-6-8-38-9-7-35;1-2/h10-16H,4-9,17H2,1-3H3,(H,32,36)(H,33,37);1-2H3/b19-10+;. The van der Waals surface area contributed by atoms with Crippen LogP contribution >= 0.6 is 0 Å². The van der Waals surface area contributed by atoms with Gasteiger partial charge in [0.1, 0.15) is 0 Å². The van der Waals surface area contributed by atoms with E-state index in [-0.39, 0.29) is 29.4 Å². The quantitative estimate of drug-likeness (QED) is 0.375. The number of aromatic nitrogens is 4. The van der Waals surface area contributed by atoms with Crippen LogP contribution in [0.1, 0.15) is 60.8 Å². The molecule has 0 atom stereocenters. The second-order valence-corrected chi connectivity index (χ2v) is 9.17. The average molecular weight is 552 g/mol. The van der Waals surface area contributed by atoms with Crippen LogP contribution in [0.4, 0.5) is 15.8 Å². The van der Waals surface area contributed by atoms with Crippen molar-refractivity contribution in [1.29, 1.82) is 0 Å². The Labute approximate surface area is 234 Å². The SMILES string of the molecule is CC.CCC/C(=C\c1cc(C(=O)Nc2cc(NC(=O)CN3CCOCC3)cnc2F)cnc1C)c1cnn(C)c1. The molecular weight excluding hydrogens is 513 g/mol. The van der Waals surface area contributed by atoms with E-state index in [1.165, 1.54) is 18.5 Å². The zero-order valence-electron chi connectivity index (χ0n) is 23.8. The van der Waals surface area contributed by atoms with Crippen LogP contribution in [0.25, 0.3) is 11.6 Å². The molecule has 0 aromatic carbocycles. The summed E-state index contributed by atoms with van der Waals surface area (Å²) in [4.78, 5) is 35.5. The first-order chi connectivity index (χ1) is 19.3. The van der Waals surface area contributed by atoms with E-state index in [0.29, 0.717) is 26.3 Å². The number of hydrogen-bond donors (Lipinski definition) is 2. The Morgan fingerprint density at radius 3 is 2.50 bits per heavy atom. The van der Waals surface area contributed by atoms with Gasteiger partial charge in [0.2, 0.25) is 11.9 Å². The Hall–Kier alpha value is -3.96. The zero-order chi connectivity index (χ0) is 29.1. The summed E-state index contributed by atoms with van der Waals surface area (Å²) in [5.74, 6) is -1.65. The molecule has 2 N–H and O–H groups in total. The minimum Gasteiger partial charge on any atom is -0.379 e. The maximum absolute atomic E-state index is 14.5. The molecule has 1 saturated heterocycles. The average Bonchev–Trinajstić information content (AvgIpc) is 3.39.